The van der Waals surface area contributed by atoms with Crippen molar-refractivity contribution >= 4 is 0 Å². The first-order chi connectivity index (χ1) is 12.8. The SMILES string of the molecule is CCCCC1CCC(C2CCC([C@H]3CCC[C@@H](OCCC)C3)CC2)CC1. The minimum Gasteiger partial charge on any atom is -0.378 e. The van der Waals surface area contributed by atoms with Crippen LogP contribution < -0.4 is 0 Å². The molecule has 0 amide bonds. The molecular formula is C25H46O. The summed E-state index contributed by atoms with van der Waals surface area (Å²) < 4.78 is 6.11. The van der Waals surface area contributed by atoms with E-state index in [0.29, 0.717) is 6.10 Å². The van der Waals surface area contributed by atoms with Crippen molar-refractivity contribution in [2.75, 3.05) is 6.61 Å². The molecule has 0 bridgehead atoms. The normalized spacial score (nSPS) is 39.0. The fraction of sp³-hybridized carbons (Fsp3) is 1.00. The highest BCUT2D eigenvalue weighted by Gasteiger charge is 2.35. The van der Waals surface area contributed by atoms with Gasteiger partial charge in [-0.25, -0.2) is 0 Å². The summed E-state index contributed by atoms with van der Waals surface area (Å²) in [5.41, 5.74) is 0. The summed E-state index contributed by atoms with van der Waals surface area (Å²) in [6.45, 7) is 5.55. The molecule has 0 unspecified atom stereocenters. The first-order valence-corrected chi connectivity index (χ1v) is 12.4. The van der Waals surface area contributed by atoms with Gasteiger partial charge in [0.15, 0.2) is 0 Å². The van der Waals surface area contributed by atoms with E-state index >= 15 is 0 Å². The molecule has 0 N–H and O–H groups in total. The van der Waals surface area contributed by atoms with Crippen molar-refractivity contribution in [3.8, 4) is 0 Å². The molecule has 3 aliphatic carbocycles. The predicted molar refractivity (Wildman–Crippen MR) is 112 cm³/mol. The maximum absolute atomic E-state index is 6.11. The Morgan fingerprint density at radius 3 is 1.88 bits per heavy atom. The molecule has 1 heteroatoms. The van der Waals surface area contributed by atoms with E-state index in [9.17, 15) is 0 Å². The number of hydrogen-bond donors (Lipinski definition) is 0. The number of unbranched alkanes of at least 4 members (excludes halogenated alkanes) is 1. The van der Waals surface area contributed by atoms with Gasteiger partial charge < -0.3 is 4.74 Å². The minimum atomic E-state index is 0.588. The van der Waals surface area contributed by atoms with Gasteiger partial charge in [-0.15, -0.1) is 0 Å². The molecule has 152 valence electrons. The van der Waals surface area contributed by atoms with Crippen LogP contribution in [0.15, 0.2) is 0 Å². The van der Waals surface area contributed by atoms with Gasteiger partial charge in [0, 0.05) is 6.61 Å². The molecule has 0 radical (unpaired) electrons. The molecule has 3 saturated carbocycles. The van der Waals surface area contributed by atoms with Crippen molar-refractivity contribution in [2.24, 2.45) is 29.6 Å². The molecule has 1 nitrogen and oxygen atoms in total. The van der Waals surface area contributed by atoms with Crippen LogP contribution >= 0.6 is 0 Å². The lowest BCUT2D eigenvalue weighted by Crippen LogP contribution is -2.32. The van der Waals surface area contributed by atoms with E-state index in [1.165, 1.54) is 64.2 Å². The third-order valence-electron chi connectivity index (χ3n) is 8.23. The van der Waals surface area contributed by atoms with Gasteiger partial charge in [0.2, 0.25) is 0 Å². The van der Waals surface area contributed by atoms with Crippen LogP contribution in [0.1, 0.15) is 117 Å². The highest BCUT2D eigenvalue weighted by Crippen LogP contribution is 2.46. The Kier molecular flexibility index (Phi) is 8.82. The van der Waals surface area contributed by atoms with Crippen LogP contribution in [0.3, 0.4) is 0 Å². The largest absolute Gasteiger partial charge is 0.378 e. The molecule has 0 aromatic heterocycles. The topological polar surface area (TPSA) is 9.23 Å². The van der Waals surface area contributed by atoms with Gasteiger partial charge in [0.1, 0.15) is 0 Å². The van der Waals surface area contributed by atoms with Crippen LogP contribution in [0.2, 0.25) is 0 Å². The summed E-state index contributed by atoms with van der Waals surface area (Å²) in [6.07, 6.45) is 24.1. The van der Waals surface area contributed by atoms with Gasteiger partial charge in [-0.2, -0.15) is 0 Å². The number of hydrogen-bond acceptors (Lipinski definition) is 1. The summed E-state index contributed by atoms with van der Waals surface area (Å²) in [5, 5.41) is 0. The van der Waals surface area contributed by atoms with Crippen LogP contribution in [0.25, 0.3) is 0 Å². The van der Waals surface area contributed by atoms with Crippen molar-refractivity contribution in [2.45, 2.75) is 123 Å². The summed E-state index contributed by atoms with van der Waals surface area (Å²) in [7, 11) is 0. The zero-order valence-electron chi connectivity index (χ0n) is 17.9. The van der Waals surface area contributed by atoms with Crippen molar-refractivity contribution in [1.29, 1.82) is 0 Å². The van der Waals surface area contributed by atoms with E-state index in [0.717, 1.165) is 36.2 Å². The second kappa shape index (κ2) is 11.1. The minimum absolute atomic E-state index is 0.588. The maximum atomic E-state index is 6.11. The average Bonchev–Trinajstić information content (AvgIpc) is 2.71. The van der Waals surface area contributed by atoms with E-state index < -0.39 is 0 Å². The number of rotatable bonds is 8. The lowest BCUT2D eigenvalue weighted by molar-refractivity contribution is -0.00367. The standard InChI is InChI=1S/C25H46O/c1-3-5-7-20-10-12-21(13-11-20)22-14-16-23(17-15-22)24-8-6-9-25(19-24)26-18-4-2/h20-25H,3-19H2,1-2H3/t20?,21?,22?,23?,24-,25+/m0/s1. The van der Waals surface area contributed by atoms with Gasteiger partial charge >= 0.3 is 0 Å². The first kappa shape index (κ1) is 20.7. The molecule has 0 spiro atoms. The Labute approximate surface area is 164 Å². The van der Waals surface area contributed by atoms with E-state index in [2.05, 4.69) is 13.8 Å². The fourth-order valence-corrected chi connectivity index (χ4v) is 6.57. The summed E-state index contributed by atoms with van der Waals surface area (Å²) >= 11 is 0. The Hall–Kier alpha value is -0.0400. The van der Waals surface area contributed by atoms with Crippen molar-refractivity contribution in [3.63, 3.8) is 0 Å². The molecule has 0 aromatic carbocycles. The van der Waals surface area contributed by atoms with Crippen molar-refractivity contribution < 1.29 is 4.74 Å². The van der Waals surface area contributed by atoms with Crippen LogP contribution in [0.5, 0.6) is 0 Å². The second-order valence-corrected chi connectivity index (χ2v) is 10.0. The Bertz CT molecular complexity index is 362. The maximum Gasteiger partial charge on any atom is 0.0577 e. The van der Waals surface area contributed by atoms with Crippen LogP contribution in [0.4, 0.5) is 0 Å². The van der Waals surface area contributed by atoms with Gasteiger partial charge in [-0.1, -0.05) is 52.4 Å². The quantitative estimate of drug-likeness (QED) is 0.428. The molecule has 3 rings (SSSR count). The summed E-state index contributed by atoms with van der Waals surface area (Å²) in [6, 6.07) is 0. The summed E-state index contributed by atoms with van der Waals surface area (Å²) in [4.78, 5) is 0. The molecule has 26 heavy (non-hydrogen) atoms. The smallest absolute Gasteiger partial charge is 0.0577 e. The molecule has 0 saturated heterocycles. The Balaban J connectivity index is 1.36. The first-order valence-electron chi connectivity index (χ1n) is 12.4. The highest BCUT2D eigenvalue weighted by atomic mass is 16.5. The monoisotopic (exact) mass is 362 g/mol. The van der Waals surface area contributed by atoms with E-state index in [-0.39, 0.29) is 0 Å². The van der Waals surface area contributed by atoms with Gasteiger partial charge in [0.25, 0.3) is 0 Å². The van der Waals surface area contributed by atoms with Gasteiger partial charge in [0.05, 0.1) is 6.10 Å². The average molecular weight is 363 g/mol. The third kappa shape index (κ3) is 5.98. The Morgan fingerprint density at radius 2 is 1.27 bits per heavy atom. The fourth-order valence-electron chi connectivity index (χ4n) is 6.57. The van der Waals surface area contributed by atoms with E-state index in [4.69, 9.17) is 4.74 Å². The molecule has 2 atom stereocenters. The third-order valence-corrected chi connectivity index (χ3v) is 8.23. The van der Waals surface area contributed by atoms with Crippen LogP contribution in [-0.4, -0.2) is 12.7 Å². The zero-order valence-corrected chi connectivity index (χ0v) is 17.9. The van der Waals surface area contributed by atoms with Gasteiger partial charge in [-0.3, -0.25) is 0 Å². The zero-order chi connectivity index (χ0) is 18.2. The second-order valence-electron chi connectivity index (χ2n) is 10.0. The molecule has 3 aliphatic rings. The van der Waals surface area contributed by atoms with Gasteiger partial charge in [-0.05, 0) is 93.8 Å². The van der Waals surface area contributed by atoms with Crippen LogP contribution in [-0.2, 0) is 4.74 Å². The lowest BCUT2D eigenvalue weighted by atomic mass is 9.65. The highest BCUT2D eigenvalue weighted by molar-refractivity contribution is 4.86. The van der Waals surface area contributed by atoms with Crippen molar-refractivity contribution in [1.82, 2.24) is 0 Å². The van der Waals surface area contributed by atoms with E-state index in [1.807, 2.05) is 0 Å². The predicted octanol–water partition coefficient (Wildman–Crippen LogP) is 7.77. The number of ether oxygens (including phenoxy) is 1. The van der Waals surface area contributed by atoms with Crippen LogP contribution in [0, 0.1) is 29.6 Å². The molecular weight excluding hydrogens is 316 g/mol. The molecule has 0 heterocycles. The molecule has 3 fully saturated rings. The molecule has 0 aliphatic heterocycles. The summed E-state index contributed by atoms with van der Waals surface area (Å²) in [5.74, 6) is 5.25. The van der Waals surface area contributed by atoms with Crippen molar-refractivity contribution in [3.05, 3.63) is 0 Å². The molecule has 0 aromatic rings. The lowest BCUT2D eigenvalue weighted by Gasteiger charge is -2.41. The van der Waals surface area contributed by atoms with E-state index in [1.54, 1.807) is 38.5 Å². The Morgan fingerprint density at radius 1 is 0.654 bits per heavy atom.